The number of aromatic nitrogens is 3. The maximum Gasteiger partial charge on any atom is 0.232 e. The van der Waals surface area contributed by atoms with Crippen LogP contribution >= 0.6 is 11.3 Å². The summed E-state index contributed by atoms with van der Waals surface area (Å²) >= 11 is 1.37. The van der Waals surface area contributed by atoms with Crippen molar-refractivity contribution in [3.63, 3.8) is 0 Å². The highest BCUT2D eigenvalue weighted by Gasteiger charge is 2.28. The van der Waals surface area contributed by atoms with Crippen LogP contribution < -0.4 is 14.2 Å². The van der Waals surface area contributed by atoms with Gasteiger partial charge in [-0.2, -0.15) is 0 Å². The molecule has 4 aromatic rings. The zero-order chi connectivity index (χ0) is 20.1. The van der Waals surface area contributed by atoms with Gasteiger partial charge in [-0.3, -0.25) is 0 Å². The quantitative estimate of drug-likeness (QED) is 0.550. The molecule has 0 radical (unpaired) electrons. The zero-order valence-corrected chi connectivity index (χ0v) is 16.4. The van der Waals surface area contributed by atoms with E-state index in [0.29, 0.717) is 37.9 Å². The lowest BCUT2D eigenvalue weighted by Crippen LogP contribution is -2.32. The highest BCUT2D eigenvalue weighted by molar-refractivity contribution is 7.22. The molecule has 0 bridgehead atoms. The van der Waals surface area contributed by atoms with Gasteiger partial charge in [0.2, 0.25) is 5.88 Å². The van der Waals surface area contributed by atoms with Gasteiger partial charge in [0, 0.05) is 11.6 Å². The van der Waals surface area contributed by atoms with Crippen LogP contribution in [0.5, 0.6) is 17.4 Å². The fourth-order valence-electron chi connectivity index (χ4n) is 3.32. The molecule has 0 saturated heterocycles. The van der Waals surface area contributed by atoms with Gasteiger partial charge in [-0.1, -0.05) is 0 Å². The molecule has 5 rings (SSSR count). The van der Waals surface area contributed by atoms with Crippen molar-refractivity contribution in [2.24, 2.45) is 0 Å². The normalized spacial score (nSPS) is 15.8. The molecule has 1 aliphatic heterocycles. The van der Waals surface area contributed by atoms with E-state index < -0.39 is 11.9 Å². The van der Waals surface area contributed by atoms with E-state index in [9.17, 15) is 9.50 Å². The number of hydrogen-bond donors (Lipinski definition) is 1. The maximum absolute atomic E-state index is 14.6. The van der Waals surface area contributed by atoms with Crippen molar-refractivity contribution in [3.05, 3.63) is 35.8 Å². The highest BCUT2D eigenvalue weighted by atomic mass is 32.1. The van der Waals surface area contributed by atoms with Crippen LogP contribution in [0.4, 0.5) is 4.39 Å². The third-order valence-corrected chi connectivity index (χ3v) is 5.76. The lowest BCUT2D eigenvalue weighted by molar-refractivity contribution is 0.0431. The molecule has 0 saturated carbocycles. The average molecular weight is 413 g/mol. The summed E-state index contributed by atoms with van der Waals surface area (Å²) in [4.78, 5) is 13.6. The van der Waals surface area contributed by atoms with Gasteiger partial charge in [0.1, 0.15) is 16.3 Å². The first-order valence-corrected chi connectivity index (χ1v) is 9.74. The van der Waals surface area contributed by atoms with Crippen molar-refractivity contribution in [3.8, 4) is 28.0 Å². The summed E-state index contributed by atoms with van der Waals surface area (Å²) in [6.07, 6.45) is 0.968. The predicted molar refractivity (Wildman–Crippen MR) is 106 cm³/mol. The molecule has 1 N–H and O–H groups in total. The standard InChI is InChI=1S/C20H16FN3O4S/c1-9-3-11(16-13(4-9)23-15(26-2)6-22-16)20-24-14-5-12(21)17-18(19(14)29-20)27-8-10(7-25)28-17/h3-6,10,25H,7-8H2,1-2H3/t10-/m0/s1. The number of fused-ring (bicyclic) bond motifs is 4. The van der Waals surface area contributed by atoms with E-state index in [4.69, 9.17) is 14.2 Å². The van der Waals surface area contributed by atoms with Crippen LogP contribution in [0.25, 0.3) is 31.8 Å². The second-order valence-corrected chi connectivity index (χ2v) is 7.71. The second-order valence-electron chi connectivity index (χ2n) is 6.71. The number of aryl methyl sites for hydroxylation is 1. The van der Waals surface area contributed by atoms with Crippen molar-refractivity contribution < 1.29 is 23.7 Å². The molecule has 7 nitrogen and oxygen atoms in total. The van der Waals surface area contributed by atoms with Gasteiger partial charge in [-0.05, 0) is 24.6 Å². The van der Waals surface area contributed by atoms with Crippen molar-refractivity contribution in [1.29, 1.82) is 0 Å². The van der Waals surface area contributed by atoms with Crippen LogP contribution in [0.3, 0.4) is 0 Å². The Morgan fingerprint density at radius 3 is 2.90 bits per heavy atom. The van der Waals surface area contributed by atoms with Crippen LogP contribution in [0, 0.1) is 12.7 Å². The fraction of sp³-hybridized carbons (Fsp3) is 0.250. The Morgan fingerprint density at radius 1 is 1.24 bits per heavy atom. The van der Waals surface area contributed by atoms with Crippen molar-refractivity contribution in [2.75, 3.05) is 20.3 Å². The van der Waals surface area contributed by atoms with Crippen LogP contribution in [-0.4, -0.2) is 46.5 Å². The van der Waals surface area contributed by atoms with E-state index >= 15 is 0 Å². The lowest BCUT2D eigenvalue weighted by atomic mass is 10.1. The van der Waals surface area contributed by atoms with Crippen LogP contribution in [0.2, 0.25) is 0 Å². The minimum Gasteiger partial charge on any atom is -0.484 e. The summed E-state index contributed by atoms with van der Waals surface area (Å²) in [5, 5.41) is 9.95. The molecule has 9 heteroatoms. The highest BCUT2D eigenvalue weighted by Crippen LogP contribution is 2.46. The van der Waals surface area contributed by atoms with E-state index in [1.54, 1.807) is 13.3 Å². The molecule has 3 heterocycles. The molecular weight excluding hydrogens is 397 g/mol. The molecule has 2 aromatic heterocycles. The Kier molecular flexibility index (Phi) is 4.21. The Bertz CT molecular complexity index is 1260. The number of ether oxygens (including phenoxy) is 3. The van der Waals surface area contributed by atoms with Gasteiger partial charge in [0.25, 0.3) is 0 Å². The number of aliphatic hydroxyl groups is 1. The number of benzene rings is 2. The Hall–Kier alpha value is -3.04. The van der Waals surface area contributed by atoms with E-state index in [-0.39, 0.29) is 19.0 Å². The van der Waals surface area contributed by atoms with Crippen LogP contribution in [-0.2, 0) is 0 Å². The molecule has 1 aliphatic rings. The number of halogens is 1. The van der Waals surface area contributed by atoms with Crippen LogP contribution in [0.15, 0.2) is 24.4 Å². The van der Waals surface area contributed by atoms with Gasteiger partial charge in [-0.15, -0.1) is 11.3 Å². The number of aliphatic hydroxyl groups excluding tert-OH is 1. The monoisotopic (exact) mass is 413 g/mol. The maximum atomic E-state index is 14.6. The Balaban J connectivity index is 1.71. The molecule has 148 valence electrons. The minimum absolute atomic E-state index is 0.0108. The molecule has 0 aliphatic carbocycles. The summed E-state index contributed by atoms with van der Waals surface area (Å²) in [6.45, 7) is 1.86. The second kappa shape index (κ2) is 6.78. The van der Waals surface area contributed by atoms with Crippen LogP contribution in [0.1, 0.15) is 5.56 Å². The largest absolute Gasteiger partial charge is 0.484 e. The molecule has 1 atom stereocenters. The summed E-state index contributed by atoms with van der Waals surface area (Å²) in [5.74, 6) is 0.189. The van der Waals surface area contributed by atoms with Gasteiger partial charge in [-0.25, -0.2) is 19.3 Å². The molecule has 0 amide bonds. The van der Waals surface area contributed by atoms with Gasteiger partial charge in [0.15, 0.2) is 23.4 Å². The summed E-state index contributed by atoms with van der Waals surface area (Å²) in [5.41, 5.74) is 3.64. The van der Waals surface area contributed by atoms with Crippen molar-refractivity contribution >= 4 is 32.6 Å². The first kappa shape index (κ1) is 18.0. The van der Waals surface area contributed by atoms with E-state index in [0.717, 1.165) is 11.1 Å². The van der Waals surface area contributed by atoms with Gasteiger partial charge >= 0.3 is 0 Å². The molecular formula is C20H16FN3O4S. The number of nitrogens with zero attached hydrogens (tertiary/aromatic N) is 3. The number of hydrogen-bond acceptors (Lipinski definition) is 8. The van der Waals surface area contributed by atoms with Gasteiger partial charge in [0.05, 0.1) is 36.5 Å². The first-order chi connectivity index (χ1) is 14.1. The van der Waals surface area contributed by atoms with Gasteiger partial charge < -0.3 is 19.3 Å². The fourth-order valence-corrected chi connectivity index (χ4v) is 4.38. The molecule has 2 aromatic carbocycles. The zero-order valence-electron chi connectivity index (χ0n) is 15.6. The molecule has 0 unspecified atom stereocenters. The first-order valence-electron chi connectivity index (χ1n) is 8.92. The molecule has 29 heavy (non-hydrogen) atoms. The SMILES string of the molecule is COc1cnc2c(-c3nc4cc(F)c5c(c4s3)OC[C@H](CO)O5)cc(C)cc2n1. The van der Waals surface area contributed by atoms with E-state index in [2.05, 4.69) is 15.0 Å². The number of methoxy groups -OCH3 is 1. The van der Waals surface area contributed by atoms with Crippen molar-refractivity contribution in [2.45, 2.75) is 13.0 Å². The predicted octanol–water partition coefficient (Wildman–Crippen LogP) is 3.49. The summed E-state index contributed by atoms with van der Waals surface area (Å²) < 4.78 is 31.7. The van der Waals surface area contributed by atoms with E-state index in [1.807, 2.05) is 19.1 Å². The Morgan fingerprint density at radius 2 is 2.10 bits per heavy atom. The van der Waals surface area contributed by atoms with Crippen molar-refractivity contribution in [1.82, 2.24) is 15.0 Å². The third-order valence-electron chi connectivity index (χ3n) is 4.66. The number of thiazole rings is 1. The topological polar surface area (TPSA) is 86.6 Å². The molecule has 0 spiro atoms. The Labute approximate surface area is 168 Å². The lowest BCUT2D eigenvalue weighted by Gasteiger charge is -2.25. The smallest absolute Gasteiger partial charge is 0.232 e. The summed E-state index contributed by atoms with van der Waals surface area (Å²) in [6, 6.07) is 5.22. The minimum atomic E-state index is -0.590. The summed E-state index contributed by atoms with van der Waals surface area (Å²) in [7, 11) is 1.54. The number of rotatable bonds is 3. The van der Waals surface area contributed by atoms with E-state index in [1.165, 1.54) is 17.4 Å². The third kappa shape index (κ3) is 2.93. The molecule has 0 fully saturated rings. The average Bonchev–Trinajstić information content (AvgIpc) is 3.16.